The van der Waals surface area contributed by atoms with Crippen LogP contribution in [0, 0.1) is 13.8 Å². The number of hydrogen-bond donors (Lipinski definition) is 1. The van der Waals surface area contributed by atoms with E-state index in [9.17, 15) is 18.0 Å². The molecule has 0 saturated heterocycles. The van der Waals surface area contributed by atoms with Crippen molar-refractivity contribution in [2.75, 3.05) is 17.1 Å². The summed E-state index contributed by atoms with van der Waals surface area (Å²) in [5, 5.41) is 3.27. The van der Waals surface area contributed by atoms with Gasteiger partial charge in [0.2, 0.25) is 21.8 Å². The Hall–Kier alpha value is -2.58. The summed E-state index contributed by atoms with van der Waals surface area (Å²) in [6.07, 6.45) is 1.06. The molecule has 2 amide bonds. The van der Waals surface area contributed by atoms with E-state index in [2.05, 4.69) is 5.32 Å². The molecule has 0 saturated carbocycles. The summed E-state index contributed by atoms with van der Waals surface area (Å²) in [5.41, 5.74) is 2.82. The van der Waals surface area contributed by atoms with Crippen LogP contribution in [0.3, 0.4) is 0 Å². The number of nitrogens with zero attached hydrogens (tertiary/aromatic N) is 2. The molecule has 0 spiro atoms. The van der Waals surface area contributed by atoms with Gasteiger partial charge in [0.1, 0.15) is 12.6 Å². The van der Waals surface area contributed by atoms with E-state index in [1.807, 2.05) is 33.8 Å². The lowest BCUT2D eigenvalue weighted by Gasteiger charge is -2.32. The Morgan fingerprint density at radius 1 is 1.03 bits per heavy atom. The van der Waals surface area contributed by atoms with Gasteiger partial charge in [-0.1, -0.05) is 35.9 Å². The molecule has 33 heavy (non-hydrogen) atoms. The second kappa shape index (κ2) is 11.0. The standard InChI is InChI=1S/C24H32ClN3O4S/c1-16(2)26-24(30)19(5)27(14-20-9-7-8-10-22(20)25)23(29)15-28(33(6,31)32)21-12-17(3)11-18(4)13-21/h7-13,16,19H,14-15H2,1-6H3,(H,26,30). The minimum atomic E-state index is -3.77. The zero-order valence-electron chi connectivity index (χ0n) is 19.9. The highest BCUT2D eigenvalue weighted by molar-refractivity contribution is 7.92. The second-order valence-corrected chi connectivity index (χ2v) is 10.9. The first-order valence-corrected chi connectivity index (χ1v) is 12.9. The van der Waals surface area contributed by atoms with Gasteiger partial charge in [0.05, 0.1) is 11.9 Å². The lowest BCUT2D eigenvalue weighted by Crippen LogP contribution is -2.52. The maximum Gasteiger partial charge on any atom is 0.244 e. The van der Waals surface area contributed by atoms with Crippen LogP contribution in [0.4, 0.5) is 5.69 Å². The summed E-state index contributed by atoms with van der Waals surface area (Å²) in [6.45, 7) is 8.63. The van der Waals surface area contributed by atoms with E-state index in [0.717, 1.165) is 21.7 Å². The average Bonchev–Trinajstić information content (AvgIpc) is 2.68. The third-order valence-corrected chi connectivity index (χ3v) is 6.58. The molecule has 0 bridgehead atoms. The third kappa shape index (κ3) is 7.47. The Morgan fingerprint density at radius 3 is 2.12 bits per heavy atom. The van der Waals surface area contributed by atoms with Gasteiger partial charge in [-0.15, -0.1) is 0 Å². The van der Waals surface area contributed by atoms with E-state index in [1.165, 1.54) is 4.90 Å². The highest BCUT2D eigenvalue weighted by Crippen LogP contribution is 2.23. The molecule has 9 heteroatoms. The normalized spacial score (nSPS) is 12.4. The Bertz CT molecular complexity index is 1100. The number of carbonyl (C=O) groups excluding carboxylic acids is 2. The molecule has 0 aliphatic rings. The number of halogens is 1. The number of nitrogens with one attached hydrogen (secondary N) is 1. The van der Waals surface area contributed by atoms with Gasteiger partial charge in [-0.05, 0) is 69.5 Å². The topological polar surface area (TPSA) is 86.8 Å². The Kier molecular flexibility index (Phi) is 8.91. The van der Waals surface area contributed by atoms with Crippen LogP contribution in [0.15, 0.2) is 42.5 Å². The van der Waals surface area contributed by atoms with Gasteiger partial charge < -0.3 is 10.2 Å². The van der Waals surface area contributed by atoms with E-state index in [1.54, 1.807) is 43.3 Å². The minimum absolute atomic E-state index is 0.0651. The zero-order valence-corrected chi connectivity index (χ0v) is 21.5. The quantitative estimate of drug-likeness (QED) is 0.577. The smallest absolute Gasteiger partial charge is 0.244 e. The summed E-state index contributed by atoms with van der Waals surface area (Å²) in [7, 11) is -3.77. The van der Waals surface area contributed by atoms with Gasteiger partial charge in [0.15, 0.2) is 0 Å². The SMILES string of the molecule is Cc1cc(C)cc(N(CC(=O)N(Cc2ccccc2Cl)C(C)C(=O)NC(C)C)S(C)(=O)=O)c1. The van der Waals surface area contributed by atoms with Gasteiger partial charge in [0, 0.05) is 17.6 Å². The van der Waals surface area contributed by atoms with Crippen molar-refractivity contribution in [3.63, 3.8) is 0 Å². The molecule has 2 aromatic carbocycles. The van der Waals surface area contributed by atoms with Crippen molar-refractivity contribution < 1.29 is 18.0 Å². The first-order chi connectivity index (χ1) is 15.3. The van der Waals surface area contributed by atoms with Crippen LogP contribution in [0.2, 0.25) is 5.02 Å². The van der Waals surface area contributed by atoms with Crippen molar-refractivity contribution in [2.45, 2.75) is 53.2 Å². The van der Waals surface area contributed by atoms with Crippen LogP contribution in [0.25, 0.3) is 0 Å². The molecule has 0 radical (unpaired) electrons. The van der Waals surface area contributed by atoms with Gasteiger partial charge in [-0.2, -0.15) is 0 Å². The molecule has 0 heterocycles. The molecule has 0 aromatic heterocycles. The van der Waals surface area contributed by atoms with Crippen LogP contribution < -0.4 is 9.62 Å². The molecule has 0 fully saturated rings. The fourth-order valence-corrected chi connectivity index (χ4v) is 4.54. The lowest BCUT2D eigenvalue weighted by atomic mass is 10.1. The van der Waals surface area contributed by atoms with Gasteiger partial charge in [0.25, 0.3) is 0 Å². The molecular formula is C24H32ClN3O4S. The number of rotatable bonds is 9. The van der Waals surface area contributed by atoms with E-state index in [-0.39, 0.29) is 18.5 Å². The van der Waals surface area contributed by atoms with Crippen molar-refractivity contribution in [1.29, 1.82) is 0 Å². The monoisotopic (exact) mass is 493 g/mol. The Balaban J connectivity index is 2.44. The molecule has 1 atom stereocenters. The predicted molar refractivity (Wildman–Crippen MR) is 133 cm³/mol. The van der Waals surface area contributed by atoms with Crippen LogP contribution in [-0.2, 0) is 26.2 Å². The predicted octanol–water partition coefficient (Wildman–Crippen LogP) is 3.66. The number of sulfonamides is 1. The van der Waals surface area contributed by atoms with Crippen molar-refractivity contribution in [2.24, 2.45) is 0 Å². The van der Waals surface area contributed by atoms with Crippen molar-refractivity contribution in [1.82, 2.24) is 10.2 Å². The van der Waals surface area contributed by atoms with E-state index in [0.29, 0.717) is 16.3 Å². The second-order valence-electron chi connectivity index (χ2n) is 8.57. The summed E-state index contributed by atoms with van der Waals surface area (Å²) >= 11 is 6.31. The molecule has 2 aromatic rings. The number of anilines is 1. The number of amides is 2. The van der Waals surface area contributed by atoms with Crippen LogP contribution in [0.1, 0.15) is 37.5 Å². The summed E-state index contributed by atoms with van der Waals surface area (Å²) in [5.74, 6) is -0.839. The minimum Gasteiger partial charge on any atom is -0.352 e. The molecule has 7 nitrogen and oxygen atoms in total. The molecule has 0 aliphatic heterocycles. The third-order valence-electron chi connectivity index (χ3n) is 5.07. The lowest BCUT2D eigenvalue weighted by molar-refractivity contribution is -0.139. The fraction of sp³-hybridized carbons (Fsp3) is 0.417. The van der Waals surface area contributed by atoms with Gasteiger partial charge in [-0.25, -0.2) is 8.42 Å². The molecular weight excluding hydrogens is 462 g/mol. The Morgan fingerprint density at radius 2 is 1.61 bits per heavy atom. The molecule has 180 valence electrons. The van der Waals surface area contributed by atoms with Gasteiger partial charge >= 0.3 is 0 Å². The highest BCUT2D eigenvalue weighted by atomic mass is 35.5. The number of benzene rings is 2. The molecule has 2 rings (SSSR count). The van der Waals surface area contributed by atoms with Crippen molar-refractivity contribution >= 4 is 39.1 Å². The van der Waals surface area contributed by atoms with E-state index < -0.39 is 28.5 Å². The maximum absolute atomic E-state index is 13.5. The molecule has 1 unspecified atom stereocenters. The first kappa shape index (κ1) is 26.7. The number of carbonyl (C=O) groups is 2. The number of aryl methyl sites for hydroxylation is 2. The zero-order chi connectivity index (χ0) is 24.9. The van der Waals surface area contributed by atoms with Gasteiger partial charge in [-0.3, -0.25) is 13.9 Å². The largest absolute Gasteiger partial charge is 0.352 e. The van der Waals surface area contributed by atoms with E-state index in [4.69, 9.17) is 11.6 Å². The van der Waals surface area contributed by atoms with Crippen LogP contribution in [0.5, 0.6) is 0 Å². The molecule has 0 aliphatic carbocycles. The fourth-order valence-electron chi connectivity index (χ4n) is 3.51. The first-order valence-electron chi connectivity index (χ1n) is 10.7. The summed E-state index contributed by atoms with van der Waals surface area (Å²) in [6, 6.07) is 11.5. The van der Waals surface area contributed by atoms with Crippen LogP contribution >= 0.6 is 11.6 Å². The maximum atomic E-state index is 13.5. The highest BCUT2D eigenvalue weighted by Gasteiger charge is 2.30. The van der Waals surface area contributed by atoms with Crippen molar-refractivity contribution in [3.05, 3.63) is 64.2 Å². The van der Waals surface area contributed by atoms with E-state index >= 15 is 0 Å². The summed E-state index contributed by atoms with van der Waals surface area (Å²) < 4.78 is 26.3. The Labute approximate surface area is 201 Å². The average molecular weight is 494 g/mol. The van der Waals surface area contributed by atoms with Crippen LogP contribution in [-0.4, -0.2) is 50.0 Å². The number of hydrogen-bond acceptors (Lipinski definition) is 4. The summed E-state index contributed by atoms with van der Waals surface area (Å²) in [4.78, 5) is 27.6. The molecule has 1 N–H and O–H groups in total. The van der Waals surface area contributed by atoms with Crippen molar-refractivity contribution in [3.8, 4) is 0 Å².